The maximum atomic E-state index is 5.41. The van der Waals surface area contributed by atoms with Crippen LogP contribution in [0.1, 0.15) is 20.3 Å². The minimum absolute atomic E-state index is 0.477. The molecule has 1 fully saturated rings. The van der Waals surface area contributed by atoms with Crippen LogP contribution in [0, 0.1) is 0 Å². The van der Waals surface area contributed by atoms with Crippen molar-refractivity contribution in [3.8, 4) is 0 Å². The van der Waals surface area contributed by atoms with Crippen LogP contribution in [0.25, 0.3) is 0 Å². The van der Waals surface area contributed by atoms with E-state index in [2.05, 4.69) is 12.2 Å². The second-order valence-corrected chi connectivity index (χ2v) is 2.62. The summed E-state index contributed by atoms with van der Waals surface area (Å²) < 4.78 is 5.41. The Labute approximate surface area is 56.6 Å². The molecular weight excluding hydrogens is 114 g/mol. The van der Waals surface area contributed by atoms with E-state index in [1.54, 1.807) is 0 Å². The van der Waals surface area contributed by atoms with E-state index >= 15 is 0 Å². The summed E-state index contributed by atoms with van der Waals surface area (Å²) in [6.07, 6.45) is 1.65. The molecular formula is C7H15NO. The van der Waals surface area contributed by atoms with E-state index < -0.39 is 0 Å². The first-order valence-electron chi connectivity index (χ1n) is 3.68. The van der Waals surface area contributed by atoms with Crippen molar-refractivity contribution < 1.29 is 4.74 Å². The zero-order valence-electron chi connectivity index (χ0n) is 6.18. The van der Waals surface area contributed by atoms with Crippen LogP contribution in [0.5, 0.6) is 0 Å². The van der Waals surface area contributed by atoms with Crippen molar-refractivity contribution in [1.29, 1.82) is 0 Å². The first-order chi connectivity index (χ1) is 4.33. The van der Waals surface area contributed by atoms with E-state index in [0.29, 0.717) is 12.1 Å². The van der Waals surface area contributed by atoms with E-state index in [0.717, 1.165) is 13.2 Å². The number of hydrogen-bond acceptors (Lipinski definition) is 2. The van der Waals surface area contributed by atoms with Crippen LogP contribution >= 0.6 is 0 Å². The number of rotatable bonds is 2. The van der Waals surface area contributed by atoms with Gasteiger partial charge < -0.3 is 10.1 Å². The van der Waals surface area contributed by atoms with Gasteiger partial charge in [0.05, 0.1) is 6.10 Å². The average molecular weight is 129 g/mol. The quantitative estimate of drug-likeness (QED) is 0.594. The van der Waals surface area contributed by atoms with E-state index in [-0.39, 0.29) is 0 Å². The summed E-state index contributed by atoms with van der Waals surface area (Å²) in [6.45, 7) is 6.12. The van der Waals surface area contributed by atoms with Gasteiger partial charge >= 0.3 is 0 Å². The third-order valence-corrected chi connectivity index (χ3v) is 1.71. The fourth-order valence-electron chi connectivity index (χ4n) is 1.26. The Morgan fingerprint density at radius 1 is 1.67 bits per heavy atom. The molecule has 1 saturated heterocycles. The van der Waals surface area contributed by atoms with Gasteiger partial charge in [0.2, 0.25) is 0 Å². The van der Waals surface area contributed by atoms with E-state index in [9.17, 15) is 0 Å². The van der Waals surface area contributed by atoms with Crippen molar-refractivity contribution in [1.82, 2.24) is 5.32 Å². The molecule has 2 nitrogen and oxygen atoms in total. The van der Waals surface area contributed by atoms with Crippen molar-refractivity contribution in [3.05, 3.63) is 0 Å². The molecule has 0 radical (unpaired) electrons. The summed E-state index contributed by atoms with van der Waals surface area (Å²) in [6, 6.07) is 0.654. The predicted molar refractivity (Wildman–Crippen MR) is 37.5 cm³/mol. The molecule has 0 amide bonds. The van der Waals surface area contributed by atoms with Crippen molar-refractivity contribution in [2.24, 2.45) is 0 Å². The lowest BCUT2D eigenvalue weighted by Gasteiger charge is -2.06. The number of hydrogen-bond donors (Lipinski definition) is 1. The van der Waals surface area contributed by atoms with E-state index in [4.69, 9.17) is 4.74 Å². The first kappa shape index (κ1) is 7.03. The Hall–Kier alpha value is -0.0800. The van der Waals surface area contributed by atoms with Crippen molar-refractivity contribution >= 4 is 0 Å². The summed E-state index contributed by atoms with van der Waals surface area (Å²) >= 11 is 0. The van der Waals surface area contributed by atoms with Gasteiger partial charge in [-0.25, -0.2) is 0 Å². The molecule has 0 aromatic heterocycles. The maximum Gasteiger partial charge on any atom is 0.0714 e. The molecule has 2 heteroatoms. The van der Waals surface area contributed by atoms with Gasteiger partial charge in [0.1, 0.15) is 0 Å². The van der Waals surface area contributed by atoms with Crippen molar-refractivity contribution in [3.63, 3.8) is 0 Å². The van der Waals surface area contributed by atoms with Crippen LogP contribution < -0.4 is 5.32 Å². The van der Waals surface area contributed by atoms with Crippen LogP contribution in [-0.2, 0) is 4.74 Å². The van der Waals surface area contributed by atoms with Gasteiger partial charge in [-0.15, -0.1) is 0 Å². The molecule has 0 bridgehead atoms. The summed E-state index contributed by atoms with van der Waals surface area (Å²) in [5.74, 6) is 0. The van der Waals surface area contributed by atoms with Gasteiger partial charge in [0.15, 0.2) is 0 Å². The molecule has 0 aromatic carbocycles. The van der Waals surface area contributed by atoms with Gasteiger partial charge in [0.25, 0.3) is 0 Å². The largest absolute Gasteiger partial charge is 0.377 e. The van der Waals surface area contributed by atoms with Crippen molar-refractivity contribution in [2.45, 2.75) is 32.4 Å². The number of ether oxygens (including phenoxy) is 1. The lowest BCUT2D eigenvalue weighted by Crippen LogP contribution is -2.18. The molecule has 0 saturated carbocycles. The molecule has 0 spiro atoms. The third-order valence-electron chi connectivity index (χ3n) is 1.71. The minimum atomic E-state index is 0.477. The molecule has 0 aliphatic carbocycles. The zero-order chi connectivity index (χ0) is 6.69. The first-order valence-corrected chi connectivity index (χ1v) is 3.68. The highest BCUT2D eigenvalue weighted by molar-refractivity contribution is 4.78. The SMILES string of the molecule is CCO[C@@H]1CN[C@H](C)C1. The molecule has 1 heterocycles. The number of nitrogens with one attached hydrogen (secondary N) is 1. The Kier molecular flexibility index (Phi) is 2.49. The fraction of sp³-hybridized carbons (Fsp3) is 1.00. The summed E-state index contributed by atoms with van der Waals surface area (Å²) in [4.78, 5) is 0. The van der Waals surface area contributed by atoms with Gasteiger partial charge in [-0.1, -0.05) is 0 Å². The Morgan fingerprint density at radius 2 is 2.44 bits per heavy atom. The highest BCUT2D eigenvalue weighted by atomic mass is 16.5. The van der Waals surface area contributed by atoms with E-state index in [1.165, 1.54) is 6.42 Å². The Morgan fingerprint density at radius 3 is 2.89 bits per heavy atom. The van der Waals surface area contributed by atoms with Crippen LogP contribution in [0.2, 0.25) is 0 Å². The normalized spacial score (nSPS) is 35.3. The predicted octanol–water partition coefficient (Wildman–Crippen LogP) is 0.773. The van der Waals surface area contributed by atoms with Crippen LogP contribution in [0.4, 0.5) is 0 Å². The van der Waals surface area contributed by atoms with Crippen molar-refractivity contribution in [2.75, 3.05) is 13.2 Å². The van der Waals surface area contributed by atoms with Crippen LogP contribution in [0.15, 0.2) is 0 Å². The van der Waals surface area contributed by atoms with Crippen LogP contribution in [0.3, 0.4) is 0 Å². The lowest BCUT2D eigenvalue weighted by atomic mass is 10.2. The molecule has 0 unspecified atom stereocenters. The topological polar surface area (TPSA) is 21.3 Å². The second-order valence-electron chi connectivity index (χ2n) is 2.62. The molecule has 1 rings (SSSR count). The smallest absolute Gasteiger partial charge is 0.0714 e. The average Bonchev–Trinajstić information content (AvgIpc) is 2.17. The van der Waals surface area contributed by atoms with Gasteiger partial charge in [-0.3, -0.25) is 0 Å². The summed E-state index contributed by atoms with van der Waals surface area (Å²) in [5.41, 5.74) is 0. The van der Waals surface area contributed by atoms with E-state index in [1.807, 2.05) is 6.92 Å². The molecule has 2 atom stereocenters. The molecule has 54 valence electrons. The summed E-state index contributed by atoms with van der Waals surface area (Å²) in [7, 11) is 0. The monoisotopic (exact) mass is 129 g/mol. The molecule has 9 heavy (non-hydrogen) atoms. The third kappa shape index (κ3) is 1.95. The van der Waals surface area contributed by atoms with Gasteiger partial charge in [-0.2, -0.15) is 0 Å². The molecule has 0 aromatic rings. The highest BCUT2D eigenvalue weighted by Crippen LogP contribution is 2.08. The van der Waals surface area contributed by atoms with Gasteiger partial charge in [0, 0.05) is 19.2 Å². The maximum absolute atomic E-state index is 5.41. The Bertz CT molecular complexity index is 83.0. The second kappa shape index (κ2) is 3.18. The molecule has 1 aliphatic heterocycles. The Balaban J connectivity index is 2.14. The molecule has 1 aliphatic rings. The standard InChI is InChI=1S/C7H15NO/c1-3-9-7-4-6(2)8-5-7/h6-8H,3-5H2,1-2H3/t6-,7+/m1/s1. The fourth-order valence-corrected chi connectivity index (χ4v) is 1.26. The summed E-state index contributed by atoms with van der Waals surface area (Å²) in [5, 5.41) is 3.33. The lowest BCUT2D eigenvalue weighted by molar-refractivity contribution is 0.0761. The van der Waals surface area contributed by atoms with Crippen LogP contribution in [-0.4, -0.2) is 25.3 Å². The molecule has 1 N–H and O–H groups in total. The highest BCUT2D eigenvalue weighted by Gasteiger charge is 2.19. The van der Waals surface area contributed by atoms with Gasteiger partial charge in [-0.05, 0) is 20.3 Å². The minimum Gasteiger partial charge on any atom is -0.377 e. The zero-order valence-corrected chi connectivity index (χ0v) is 6.18.